The van der Waals surface area contributed by atoms with E-state index in [0.717, 1.165) is 64.2 Å². The first kappa shape index (κ1) is 53.4. The van der Waals surface area contributed by atoms with Gasteiger partial charge in [0.25, 0.3) is 0 Å². The van der Waals surface area contributed by atoms with Gasteiger partial charge in [0.15, 0.2) is 22.9 Å². The van der Waals surface area contributed by atoms with Gasteiger partial charge in [0.2, 0.25) is 0 Å². The molecule has 10 heteroatoms. The minimum absolute atomic E-state index is 0.00680. The summed E-state index contributed by atoms with van der Waals surface area (Å²) in [7, 11) is 0. The fourth-order valence-electron chi connectivity index (χ4n) is 7.56. The van der Waals surface area contributed by atoms with E-state index in [1.54, 1.807) is 0 Å². The highest BCUT2D eigenvalue weighted by Gasteiger charge is 2.39. The molecule has 0 amide bonds. The maximum Gasteiger partial charge on any atom is 0.305 e. The van der Waals surface area contributed by atoms with Crippen LogP contribution in [0.4, 0.5) is 0 Å². The molecule has 0 saturated heterocycles. The van der Waals surface area contributed by atoms with Crippen LogP contribution in [-0.2, 0) is 28.5 Å². The zero-order chi connectivity index (χ0) is 43.3. The van der Waals surface area contributed by atoms with Crippen molar-refractivity contribution >= 4 is 23.7 Å². The molecule has 346 valence electrons. The van der Waals surface area contributed by atoms with Gasteiger partial charge in [0.1, 0.15) is 26.4 Å². The molecule has 0 radical (unpaired) electrons. The van der Waals surface area contributed by atoms with Gasteiger partial charge in [0.05, 0.1) is 13.2 Å². The average Bonchev–Trinajstić information content (AvgIpc) is 3.88. The molecular formula is C50H88N2O8. The molecule has 2 unspecified atom stereocenters. The number of aliphatic hydroxyl groups excluding tert-OH is 2. The van der Waals surface area contributed by atoms with Crippen LogP contribution in [0.5, 0.6) is 0 Å². The third kappa shape index (κ3) is 26.6. The molecule has 10 nitrogen and oxygen atoms in total. The number of rotatable bonds is 41. The molecule has 0 spiro atoms. The van der Waals surface area contributed by atoms with E-state index in [1.165, 1.54) is 116 Å². The number of carbonyl (C=O) groups is 2. The Morgan fingerprint density at radius 1 is 0.500 bits per heavy atom. The van der Waals surface area contributed by atoms with Gasteiger partial charge < -0.3 is 29.2 Å². The Kier molecular flexibility index (Phi) is 31.9. The lowest BCUT2D eigenvalue weighted by molar-refractivity contribution is -0.147. The van der Waals surface area contributed by atoms with E-state index in [0.29, 0.717) is 37.5 Å². The van der Waals surface area contributed by atoms with Crippen molar-refractivity contribution < 1.29 is 38.7 Å². The minimum atomic E-state index is -0.950. The number of unbranched alkanes of at least 4 members (excludes halogenated alkanes) is 23. The number of hydrogen-bond acceptors (Lipinski definition) is 10. The molecule has 2 aliphatic rings. The fourth-order valence-corrected chi connectivity index (χ4v) is 7.56. The summed E-state index contributed by atoms with van der Waals surface area (Å²) in [6.07, 6.45) is 44.2. The minimum Gasteiger partial charge on any atom is -0.478 e. The molecule has 60 heavy (non-hydrogen) atoms. The molecule has 2 atom stereocenters. The molecule has 0 bridgehead atoms. The Hall–Kier alpha value is -2.72. The number of ether oxygens (including phenoxy) is 4. The lowest BCUT2D eigenvalue weighted by atomic mass is 10.1. The van der Waals surface area contributed by atoms with E-state index in [2.05, 4.69) is 48.1 Å². The van der Waals surface area contributed by atoms with Crippen molar-refractivity contribution in [1.29, 1.82) is 0 Å². The molecule has 0 saturated carbocycles. The van der Waals surface area contributed by atoms with Crippen LogP contribution in [0, 0.1) is 0 Å². The van der Waals surface area contributed by atoms with E-state index in [1.807, 2.05) is 0 Å². The summed E-state index contributed by atoms with van der Waals surface area (Å²) >= 11 is 0. The zero-order valence-electron chi connectivity index (χ0n) is 38.4. The van der Waals surface area contributed by atoms with E-state index >= 15 is 0 Å². The smallest absolute Gasteiger partial charge is 0.305 e. The van der Waals surface area contributed by atoms with Gasteiger partial charge in [-0.05, 0) is 77.0 Å². The molecule has 2 aliphatic heterocycles. The SMILES string of the molecule is CCCCCCCC/C=C/CCCCCCCC(=O)OCC1(CO)COC(CCCCC2=NC(CO)(COC(=O)CCCCCCC/C=C/CCCCCCCC)CO2)=N1. The van der Waals surface area contributed by atoms with Gasteiger partial charge in [-0.25, -0.2) is 9.98 Å². The Labute approximate surface area is 365 Å². The van der Waals surface area contributed by atoms with Crippen molar-refractivity contribution in [3.63, 3.8) is 0 Å². The number of aliphatic hydroxyl groups is 2. The molecule has 2 heterocycles. The first-order chi connectivity index (χ1) is 29.4. The van der Waals surface area contributed by atoms with Crippen LogP contribution in [0.15, 0.2) is 34.3 Å². The third-order valence-electron chi connectivity index (χ3n) is 11.6. The van der Waals surface area contributed by atoms with Crippen LogP contribution < -0.4 is 0 Å². The predicted molar refractivity (Wildman–Crippen MR) is 246 cm³/mol. The van der Waals surface area contributed by atoms with Crippen molar-refractivity contribution in [1.82, 2.24) is 0 Å². The highest BCUT2D eigenvalue weighted by atomic mass is 16.5. The normalized spacial score (nSPS) is 18.9. The number of esters is 2. The lowest BCUT2D eigenvalue weighted by Crippen LogP contribution is -2.39. The van der Waals surface area contributed by atoms with Gasteiger partial charge >= 0.3 is 11.9 Å². The van der Waals surface area contributed by atoms with E-state index in [9.17, 15) is 19.8 Å². The van der Waals surface area contributed by atoms with Crippen molar-refractivity contribution in [2.24, 2.45) is 9.98 Å². The van der Waals surface area contributed by atoms with Crippen LogP contribution in [0.25, 0.3) is 0 Å². The first-order valence-corrected chi connectivity index (χ1v) is 24.7. The molecule has 0 fully saturated rings. The Bertz CT molecular complexity index is 1130. The average molecular weight is 845 g/mol. The van der Waals surface area contributed by atoms with E-state index < -0.39 is 11.1 Å². The molecule has 2 N–H and O–H groups in total. The van der Waals surface area contributed by atoms with Crippen molar-refractivity contribution in [3.8, 4) is 0 Å². The standard InChI is InChI=1S/C50H88N2O8/c1-3-5-7-9-11-13-15-17-19-21-23-25-27-29-31-37-47(55)59-43-49(39-53)41-57-45(51-49)35-33-34-36-46-52-50(40-54,42-58-46)44-60-48(56)38-32-30-28-26-24-22-20-18-16-14-12-10-8-6-4-2/h17-20,53-54H,3-16,21-44H2,1-2H3/b19-17+,20-18+. The number of allylic oxidation sites excluding steroid dienone is 4. The van der Waals surface area contributed by atoms with Crippen molar-refractivity contribution in [2.45, 2.75) is 230 Å². The summed E-state index contributed by atoms with van der Waals surface area (Å²) in [5.41, 5.74) is -1.90. The lowest BCUT2D eigenvalue weighted by Gasteiger charge is -2.20. The summed E-state index contributed by atoms with van der Waals surface area (Å²) in [6, 6.07) is 0. The molecular weight excluding hydrogens is 757 g/mol. The van der Waals surface area contributed by atoms with Crippen molar-refractivity contribution in [3.05, 3.63) is 24.3 Å². The van der Waals surface area contributed by atoms with Crippen molar-refractivity contribution in [2.75, 3.05) is 39.6 Å². The largest absolute Gasteiger partial charge is 0.478 e. The van der Waals surface area contributed by atoms with Gasteiger partial charge in [-0.3, -0.25) is 9.59 Å². The highest BCUT2D eigenvalue weighted by Crippen LogP contribution is 2.25. The van der Waals surface area contributed by atoms with E-state index in [-0.39, 0.29) is 51.6 Å². The van der Waals surface area contributed by atoms with Crippen LogP contribution in [-0.4, -0.2) is 84.7 Å². The number of aliphatic imine (C=N–C) groups is 2. The summed E-state index contributed by atoms with van der Waals surface area (Å²) < 4.78 is 22.6. The van der Waals surface area contributed by atoms with Crippen LogP contribution >= 0.6 is 0 Å². The second-order valence-corrected chi connectivity index (χ2v) is 17.6. The Morgan fingerprint density at radius 3 is 1.15 bits per heavy atom. The molecule has 0 aromatic carbocycles. The molecule has 0 aromatic rings. The summed E-state index contributed by atoms with van der Waals surface area (Å²) in [6.45, 7) is 4.38. The fraction of sp³-hybridized carbons (Fsp3) is 0.840. The third-order valence-corrected chi connectivity index (χ3v) is 11.6. The van der Waals surface area contributed by atoms with Gasteiger partial charge in [0, 0.05) is 25.7 Å². The summed E-state index contributed by atoms with van der Waals surface area (Å²) in [5, 5.41) is 20.2. The molecule has 0 aromatic heterocycles. The van der Waals surface area contributed by atoms with Gasteiger partial charge in [-0.2, -0.15) is 0 Å². The van der Waals surface area contributed by atoms with Crippen LogP contribution in [0.1, 0.15) is 219 Å². The quantitative estimate of drug-likeness (QED) is 0.0353. The van der Waals surface area contributed by atoms with Gasteiger partial charge in [-0.1, -0.05) is 141 Å². The molecule has 2 rings (SSSR count). The maximum absolute atomic E-state index is 12.4. The van der Waals surface area contributed by atoms with Crippen LogP contribution in [0.2, 0.25) is 0 Å². The first-order valence-electron chi connectivity index (χ1n) is 24.7. The highest BCUT2D eigenvalue weighted by molar-refractivity contribution is 5.79. The number of carbonyl (C=O) groups excluding carboxylic acids is 2. The molecule has 0 aliphatic carbocycles. The predicted octanol–water partition coefficient (Wildman–Crippen LogP) is 12.0. The monoisotopic (exact) mass is 845 g/mol. The summed E-state index contributed by atoms with van der Waals surface area (Å²) in [5.74, 6) is 0.589. The van der Waals surface area contributed by atoms with Gasteiger partial charge in [-0.15, -0.1) is 0 Å². The number of nitrogens with zero attached hydrogens (tertiary/aromatic N) is 2. The summed E-state index contributed by atoms with van der Waals surface area (Å²) in [4.78, 5) is 34.1. The maximum atomic E-state index is 12.4. The second-order valence-electron chi connectivity index (χ2n) is 17.6. The zero-order valence-corrected chi connectivity index (χ0v) is 38.4. The Balaban J connectivity index is 1.50. The van der Waals surface area contributed by atoms with E-state index in [4.69, 9.17) is 18.9 Å². The second kappa shape index (κ2) is 35.8. The Morgan fingerprint density at radius 2 is 0.817 bits per heavy atom. The number of hydrogen-bond donors (Lipinski definition) is 2. The topological polar surface area (TPSA) is 136 Å². The van der Waals surface area contributed by atoms with Crippen LogP contribution in [0.3, 0.4) is 0 Å².